The van der Waals surface area contributed by atoms with Gasteiger partial charge in [-0.05, 0) is 36.6 Å². The smallest absolute Gasteiger partial charge is 0.309 e. The second-order valence-electron chi connectivity index (χ2n) is 5.12. The molecule has 6 heteroatoms. The first-order chi connectivity index (χ1) is 9.99. The molecule has 1 fully saturated rings. The molecule has 0 aliphatic heterocycles. The van der Waals surface area contributed by atoms with Gasteiger partial charge < -0.3 is 10.1 Å². The second kappa shape index (κ2) is 6.65. The molecule has 0 saturated heterocycles. The van der Waals surface area contributed by atoms with Crippen LogP contribution in [0.3, 0.4) is 0 Å². The molecular weight excluding hydrogens is 280 g/mol. The van der Waals surface area contributed by atoms with Crippen molar-refractivity contribution < 1.29 is 23.1 Å². The van der Waals surface area contributed by atoms with E-state index in [4.69, 9.17) is 4.74 Å². The van der Waals surface area contributed by atoms with E-state index in [0.717, 1.165) is 18.2 Å². The summed E-state index contributed by atoms with van der Waals surface area (Å²) in [5.41, 5.74) is 0.232. The Balaban J connectivity index is 1.76. The quantitative estimate of drug-likeness (QED) is 0.646. The minimum atomic E-state index is -0.513. The van der Waals surface area contributed by atoms with Gasteiger partial charge in [0.15, 0.2) is 0 Å². The van der Waals surface area contributed by atoms with Crippen LogP contribution in [0.4, 0.5) is 8.78 Å². The lowest BCUT2D eigenvalue weighted by molar-refractivity contribution is -0.145. The standard InChI is InChI=1S/C15H17F2NO3/c1-9(19)18-5-2-6-21-15(20)13-8-11(13)12-7-10(16)3-4-14(12)17/h3-4,7,11,13H,2,5-6,8H2,1H3,(H,18,19)/t11-,13-/m1/s1. The fourth-order valence-corrected chi connectivity index (χ4v) is 2.21. The van der Waals surface area contributed by atoms with Crippen LogP contribution in [-0.2, 0) is 14.3 Å². The van der Waals surface area contributed by atoms with Gasteiger partial charge >= 0.3 is 5.97 Å². The fourth-order valence-electron chi connectivity index (χ4n) is 2.21. The first-order valence-corrected chi connectivity index (χ1v) is 6.85. The monoisotopic (exact) mass is 297 g/mol. The summed E-state index contributed by atoms with van der Waals surface area (Å²) in [5.74, 6) is -2.25. The van der Waals surface area contributed by atoms with E-state index in [2.05, 4.69) is 5.32 Å². The number of rotatable bonds is 6. The predicted octanol–water partition coefficient (Wildman–Crippen LogP) is 2.14. The Bertz CT molecular complexity index is 548. The first kappa shape index (κ1) is 15.4. The normalized spacial score (nSPS) is 20.0. The number of esters is 1. The van der Waals surface area contributed by atoms with Crippen LogP contribution >= 0.6 is 0 Å². The fraction of sp³-hybridized carbons (Fsp3) is 0.467. The Hall–Kier alpha value is -1.98. The Kier molecular flexibility index (Phi) is 4.88. The van der Waals surface area contributed by atoms with E-state index in [0.29, 0.717) is 19.4 Å². The highest BCUT2D eigenvalue weighted by atomic mass is 19.1. The zero-order valence-electron chi connectivity index (χ0n) is 11.7. The summed E-state index contributed by atoms with van der Waals surface area (Å²) in [4.78, 5) is 22.4. The lowest BCUT2D eigenvalue weighted by Crippen LogP contribution is -2.22. The molecule has 1 N–H and O–H groups in total. The summed E-state index contributed by atoms with van der Waals surface area (Å²) in [6.45, 7) is 2.05. The molecule has 21 heavy (non-hydrogen) atoms. The van der Waals surface area contributed by atoms with Crippen LogP contribution in [0, 0.1) is 17.6 Å². The van der Waals surface area contributed by atoms with Crippen molar-refractivity contribution in [1.82, 2.24) is 5.32 Å². The molecule has 0 radical (unpaired) electrons. The minimum Gasteiger partial charge on any atom is -0.465 e. The molecule has 1 amide bonds. The van der Waals surface area contributed by atoms with Crippen LogP contribution in [0.15, 0.2) is 18.2 Å². The molecule has 1 aromatic rings. The number of carbonyl (C=O) groups excluding carboxylic acids is 2. The van der Waals surface area contributed by atoms with Gasteiger partial charge in [-0.25, -0.2) is 8.78 Å². The Labute approximate surface area is 121 Å². The maximum Gasteiger partial charge on any atom is 0.309 e. The molecule has 0 heterocycles. The lowest BCUT2D eigenvalue weighted by atomic mass is 10.1. The largest absolute Gasteiger partial charge is 0.465 e. The van der Waals surface area contributed by atoms with Gasteiger partial charge in [0.25, 0.3) is 0 Å². The van der Waals surface area contributed by atoms with Gasteiger partial charge in [-0.15, -0.1) is 0 Å². The van der Waals surface area contributed by atoms with E-state index >= 15 is 0 Å². The number of halogens is 2. The van der Waals surface area contributed by atoms with Gasteiger partial charge in [0.2, 0.25) is 5.91 Å². The third-order valence-electron chi connectivity index (χ3n) is 3.39. The maximum atomic E-state index is 13.6. The highest BCUT2D eigenvalue weighted by Gasteiger charge is 2.46. The minimum absolute atomic E-state index is 0.134. The molecule has 0 spiro atoms. The Morgan fingerprint density at radius 2 is 2.14 bits per heavy atom. The van der Waals surface area contributed by atoms with Gasteiger partial charge in [0, 0.05) is 19.4 Å². The van der Waals surface area contributed by atoms with Crippen LogP contribution in [0.1, 0.15) is 31.2 Å². The first-order valence-electron chi connectivity index (χ1n) is 6.85. The van der Waals surface area contributed by atoms with Crippen molar-refractivity contribution in [3.8, 4) is 0 Å². The zero-order valence-corrected chi connectivity index (χ0v) is 11.7. The average Bonchev–Trinajstić information content (AvgIpc) is 3.21. The molecule has 1 aromatic carbocycles. The van der Waals surface area contributed by atoms with Crippen molar-refractivity contribution in [3.05, 3.63) is 35.4 Å². The third kappa shape index (κ3) is 4.24. The van der Waals surface area contributed by atoms with E-state index in [-0.39, 0.29) is 24.0 Å². The van der Waals surface area contributed by atoms with E-state index in [1.54, 1.807) is 0 Å². The predicted molar refractivity (Wildman–Crippen MR) is 71.5 cm³/mol. The van der Waals surface area contributed by atoms with E-state index < -0.39 is 23.5 Å². The topological polar surface area (TPSA) is 55.4 Å². The average molecular weight is 297 g/mol. The van der Waals surface area contributed by atoms with Crippen molar-refractivity contribution in [2.45, 2.75) is 25.7 Å². The number of hydrogen-bond donors (Lipinski definition) is 1. The van der Waals surface area contributed by atoms with Gasteiger partial charge in [0.1, 0.15) is 11.6 Å². The number of amides is 1. The number of carbonyl (C=O) groups is 2. The molecule has 2 atom stereocenters. The van der Waals surface area contributed by atoms with Crippen molar-refractivity contribution in [3.63, 3.8) is 0 Å². The molecule has 4 nitrogen and oxygen atoms in total. The molecule has 1 aliphatic rings. The van der Waals surface area contributed by atoms with Crippen LogP contribution in [0.2, 0.25) is 0 Å². The number of ether oxygens (including phenoxy) is 1. The van der Waals surface area contributed by atoms with Crippen molar-refractivity contribution in [2.24, 2.45) is 5.92 Å². The molecule has 114 valence electrons. The van der Waals surface area contributed by atoms with E-state index in [1.807, 2.05) is 0 Å². The van der Waals surface area contributed by atoms with Crippen LogP contribution in [-0.4, -0.2) is 25.0 Å². The molecule has 1 saturated carbocycles. The van der Waals surface area contributed by atoms with E-state index in [9.17, 15) is 18.4 Å². The summed E-state index contributed by atoms with van der Waals surface area (Å²) in [6, 6.07) is 3.25. The molecule has 0 unspecified atom stereocenters. The molecule has 0 aromatic heterocycles. The highest BCUT2D eigenvalue weighted by Crippen LogP contribution is 2.49. The van der Waals surface area contributed by atoms with Crippen LogP contribution in [0.5, 0.6) is 0 Å². The summed E-state index contributed by atoms with van der Waals surface area (Å²) >= 11 is 0. The van der Waals surface area contributed by atoms with Gasteiger partial charge in [-0.2, -0.15) is 0 Å². The van der Waals surface area contributed by atoms with E-state index in [1.165, 1.54) is 6.92 Å². The van der Waals surface area contributed by atoms with Gasteiger partial charge in [-0.3, -0.25) is 9.59 Å². The summed E-state index contributed by atoms with van der Waals surface area (Å²) in [7, 11) is 0. The second-order valence-corrected chi connectivity index (χ2v) is 5.12. The van der Waals surface area contributed by atoms with Gasteiger partial charge in [-0.1, -0.05) is 0 Å². The SMILES string of the molecule is CC(=O)NCCCOC(=O)[C@@H]1C[C@@H]1c1cc(F)ccc1F. The Morgan fingerprint density at radius 1 is 1.38 bits per heavy atom. The van der Waals surface area contributed by atoms with Crippen LogP contribution < -0.4 is 5.32 Å². The summed E-state index contributed by atoms with van der Waals surface area (Å²) < 4.78 is 31.7. The zero-order chi connectivity index (χ0) is 15.4. The number of nitrogens with one attached hydrogen (secondary N) is 1. The number of hydrogen-bond acceptors (Lipinski definition) is 3. The molecule has 1 aliphatic carbocycles. The Morgan fingerprint density at radius 3 is 2.86 bits per heavy atom. The number of benzene rings is 1. The maximum absolute atomic E-state index is 13.6. The van der Waals surface area contributed by atoms with Gasteiger partial charge in [0.05, 0.1) is 12.5 Å². The molecule has 0 bridgehead atoms. The molecule has 2 rings (SSSR count). The van der Waals surface area contributed by atoms with Crippen molar-refractivity contribution in [2.75, 3.05) is 13.2 Å². The van der Waals surface area contributed by atoms with Crippen molar-refractivity contribution in [1.29, 1.82) is 0 Å². The summed E-state index contributed by atoms with van der Waals surface area (Å²) in [6.07, 6.45) is 1.00. The molecular formula is C15H17F2NO3. The van der Waals surface area contributed by atoms with Crippen molar-refractivity contribution >= 4 is 11.9 Å². The summed E-state index contributed by atoms with van der Waals surface area (Å²) in [5, 5.41) is 2.59. The van der Waals surface area contributed by atoms with Crippen LogP contribution in [0.25, 0.3) is 0 Å². The highest BCUT2D eigenvalue weighted by molar-refractivity contribution is 5.77. The lowest BCUT2D eigenvalue weighted by Gasteiger charge is -2.06. The third-order valence-corrected chi connectivity index (χ3v) is 3.39.